The zero-order chi connectivity index (χ0) is 13.7. The van der Waals surface area contributed by atoms with E-state index < -0.39 is 11.9 Å². The molecule has 0 aliphatic carbocycles. The van der Waals surface area contributed by atoms with Crippen LogP contribution in [0.5, 0.6) is 5.75 Å². The molecule has 0 saturated heterocycles. The molecule has 0 radical (unpaired) electrons. The first kappa shape index (κ1) is 13.8. The molecule has 5 heteroatoms. The molecule has 0 aromatic heterocycles. The summed E-state index contributed by atoms with van der Waals surface area (Å²) in [6, 6.07) is 6.62. The van der Waals surface area contributed by atoms with Crippen LogP contribution in [0.15, 0.2) is 35.4 Å². The van der Waals surface area contributed by atoms with Crippen LogP contribution in [0.1, 0.15) is 19.4 Å². The molecule has 18 heavy (non-hydrogen) atoms. The summed E-state index contributed by atoms with van der Waals surface area (Å²) in [6.07, 6.45) is 0. The lowest BCUT2D eigenvalue weighted by Crippen LogP contribution is -2.25. The maximum atomic E-state index is 11.7. The Labute approximate surface area is 105 Å². The van der Waals surface area contributed by atoms with Gasteiger partial charge < -0.3 is 15.5 Å². The minimum atomic E-state index is -1.12. The molecule has 5 nitrogen and oxygen atoms in total. The normalized spacial score (nSPS) is 11.7. The monoisotopic (exact) mass is 249 g/mol. The number of amides is 1. The van der Waals surface area contributed by atoms with Crippen molar-refractivity contribution in [1.29, 1.82) is 0 Å². The van der Waals surface area contributed by atoms with E-state index in [9.17, 15) is 14.7 Å². The van der Waals surface area contributed by atoms with E-state index in [1.807, 2.05) is 0 Å². The van der Waals surface area contributed by atoms with Gasteiger partial charge in [-0.25, -0.2) is 4.79 Å². The Kier molecular flexibility index (Phi) is 4.48. The highest BCUT2D eigenvalue weighted by atomic mass is 16.4. The number of hydrogen-bond acceptors (Lipinski definition) is 3. The quantitative estimate of drug-likeness (QED) is 0.704. The second-order valence-corrected chi connectivity index (χ2v) is 3.87. The highest BCUT2D eigenvalue weighted by Gasteiger charge is 2.12. The highest BCUT2D eigenvalue weighted by Crippen LogP contribution is 2.15. The molecule has 0 fully saturated rings. The predicted molar refractivity (Wildman–Crippen MR) is 66.0 cm³/mol. The zero-order valence-corrected chi connectivity index (χ0v) is 10.2. The molecule has 1 aromatic rings. The molecule has 0 unspecified atom stereocenters. The largest absolute Gasteiger partial charge is 0.508 e. The van der Waals surface area contributed by atoms with Crippen LogP contribution in [0.4, 0.5) is 0 Å². The number of nitrogens with one attached hydrogen (secondary N) is 1. The average molecular weight is 249 g/mol. The fraction of sp³-hybridized carbons (Fsp3) is 0.231. The molecule has 0 saturated carbocycles. The van der Waals surface area contributed by atoms with Crippen molar-refractivity contribution in [2.45, 2.75) is 20.4 Å². The van der Waals surface area contributed by atoms with Gasteiger partial charge in [-0.2, -0.15) is 0 Å². The molecule has 0 aliphatic rings. The first-order valence-electron chi connectivity index (χ1n) is 5.39. The number of hydrogen-bond donors (Lipinski definition) is 3. The van der Waals surface area contributed by atoms with Gasteiger partial charge in [0.2, 0.25) is 5.91 Å². The van der Waals surface area contributed by atoms with Crippen LogP contribution >= 0.6 is 0 Å². The number of aliphatic carboxylic acids is 1. The second kappa shape index (κ2) is 5.86. The van der Waals surface area contributed by atoms with Gasteiger partial charge in [-0.3, -0.25) is 4.79 Å². The van der Waals surface area contributed by atoms with E-state index in [4.69, 9.17) is 5.11 Å². The van der Waals surface area contributed by atoms with E-state index in [1.165, 1.54) is 19.9 Å². The fourth-order valence-electron chi connectivity index (χ4n) is 1.30. The van der Waals surface area contributed by atoms with E-state index in [1.54, 1.807) is 18.2 Å². The smallest absolute Gasteiger partial charge is 0.331 e. The van der Waals surface area contributed by atoms with E-state index in [0.29, 0.717) is 5.56 Å². The molecule has 0 bridgehead atoms. The van der Waals surface area contributed by atoms with Gasteiger partial charge >= 0.3 is 5.97 Å². The highest BCUT2D eigenvalue weighted by molar-refractivity contribution is 6.01. The topological polar surface area (TPSA) is 86.6 Å². The maximum absolute atomic E-state index is 11.7. The SMILES string of the molecule is C/C(C(=O)O)=C(/C)C(=O)NCc1ccccc1O. The summed E-state index contributed by atoms with van der Waals surface area (Å²) in [5, 5.41) is 20.8. The number of phenols is 1. The Morgan fingerprint density at radius 2 is 1.78 bits per heavy atom. The van der Waals surface area contributed by atoms with Gasteiger partial charge in [-0.15, -0.1) is 0 Å². The van der Waals surface area contributed by atoms with Gasteiger partial charge in [0.05, 0.1) is 0 Å². The first-order chi connectivity index (χ1) is 8.43. The standard InChI is InChI=1S/C13H15NO4/c1-8(9(2)13(17)18)12(16)14-7-10-5-3-4-6-11(10)15/h3-6,15H,7H2,1-2H3,(H,14,16)(H,17,18)/b9-8+. The first-order valence-corrected chi connectivity index (χ1v) is 5.39. The van der Waals surface area contributed by atoms with Crippen molar-refractivity contribution in [3.05, 3.63) is 41.0 Å². The average Bonchev–Trinajstić information content (AvgIpc) is 2.35. The van der Waals surface area contributed by atoms with Crippen molar-refractivity contribution in [3.8, 4) is 5.75 Å². The van der Waals surface area contributed by atoms with Crippen molar-refractivity contribution >= 4 is 11.9 Å². The molecule has 0 aliphatic heterocycles. The van der Waals surface area contributed by atoms with Crippen molar-refractivity contribution in [1.82, 2.24) is 5.32 Å². The Morgan fingerprint density at radius 1 is 1.17 bits per heavy atom. The summed E-state index contributed by atoms with van der Waals surface area (Å²) in [5.41, 5.74) is 0.731. The number of rotatable bonds is 4. The number of carbonyl (C=O) groups excluding carboxylic acids is 1. The van der Waals surface area contributed by atoms with Crippen LogP contribution in [0.25, 0.3) is 0 Å². The molecular formula is C13H15NO4. The molecule has 96 valence electrons. The van der Waals surface area contributed by atoms with E-state index in [-0.39, 0.29) is 23.4 Å². The molecule has 1 aromatic carbocycles. The van der Waals surface area contributed by atoms with Crippen molar-refractivity contribution < 1.29 is 19.8 Å². The summed E-state index contributed by atoms with van der Waals surface area (Å²) in [4.78, 5) is 22.4. The van der Waals surface area contributed by atoms with Gasteiger partial charge in [0.15, 0.2) is 0 Å². The summed E-state index contributed by atoms with van der Waals surface area (Å²) in [7, 11) is 0. The molecule has 1 rings (SSSR count). The third-order valence-electron chi connectivity index (χ3n) is 2.65. The number of phenolic OH excluding ortho intramolecular Hbond substituents is 1. The van der Waals surface area contributed by atoms with E-state index in [2.05, 4.69) is 5.32 Å². The summed E-state index contributed by atoms with van der Waals surface area (Å²) < 4.78 is 0. The predicted octanol–water partition coefficient (Wildman–Crippen LogP) is 1.43. The Morgan fingerprint density at radius 3 is 2.33 bits per heavy atom. The van der Waals surface area contributed by atoms with Gasteiger partial charge in [0.25, 0.3) is 0 Å². The Bertz CT molecular complexity index is 505. The summed E-state index contributed by atoms with van der Waals surface area (Å²) in [5.74, 6) is -1.49. The number of carboxylic acid groups (broad SMARTS) is 1. The molecule has 0 spiro atoms. The zero-order valence-electron chi connectivity index (χ0n) is 10.2. The van der Waals surface area contributed by atoms with Crippen LogP contribution < -0.4 is 5.32 Å². The van der Waals surface area contributed by atoms with Gasteiger partial charge in [-0.05, 0) is 19.9 Å². The molecule has 0 atom stereocenters. The molecule has 3 N–H and O–H groups in total. The van der Waals surface area contributed by atoms with E-state index in [0.717, 1.165) is 0 Å². The van der Waals surface area contributed by atoms with Gasteiger partial charge in [0, 0.05) is 23.3 Å². The Hall–Kier alpha value is -2.30. The van der Waals surface area contributed by atoms with Crippen molar-refractivity contribution in [3.63, 3.8) is 0 Å². The summed E-state index contributed by atoms with van der Waals surface area (Å²) in [6.45, 7) is 2.97. The Balaban J connectivity index is 2.71. The second-order valence-electron chi connectivity index (χ2n) is 3.87. The third kappa shape index (κ3) is 3.35. The minimum Gasteiger partial charge on any atom is -0.508 e. The lowest BCUT2D eigenvalue weighted by atomic mass is 10.1. The number of carbonyl (C=O) groups is 2. The number of aromatic hydroxyl groups is 1. The van der Waals surface area contributed by atoms with Crippen molar-refractivity contribution in [2.24, 2.45) is 0 Å². The van der Waals surface area contributed by atoms with Crippen LogP contribution in [0.2, 0.25) is 0 Å². The van der Waals surface area contributed by atoms with Crippen LogP contribution in [0.3, 0.4) is 0 Å². The number of benzene rings is 1. The fourth-order valence-corrected chi connectivity index (χ4v) is 1.30. The number of para-hydroxylation sites is 1. The molecule has 1 amide bonds. The summed E-state index contributed by atoms with van der Waals surface area (Å²) >= 11 is 0. The molecular weight excluding hydrogens is 234 g/mol. The molecule has 0 heterocycles. The van der Waals surface area contributed by atoms with Crippen LogP contribution in [-0.4, -0.2) is 22.1 Å². The maximum Gasteiger partial charge on any atom is 0.331 e. The third-order valence-corrected chi connectivity index (χ3v) is 2.65. The lowest BCUT2D eigenvalue weighted by Gasteiger charge is -2.08. The van der Waals surface area contributed by atoms with Crippen LogP contribution in [-0.2, 0) is 16.1 Å². The van der Waals surface area contributed by atoms with Gasteiger partial charge in [0.1, 0.15) is 5.75 Å². The number of carboxylic acids is 1. The minimum absolute atomic E-state index is 0.00443. The van der Waals surface area contributed by atoms with Gasteiger partial charge in [-0.1, -0.05) is 18.2 Å². The lowest BCUT2D eigenvalue weighted by molar-refractivity contribution is -0.133. The van der Waals surface area contributed by atoms with Crippen LogP contribution in [0, 0.1) is 0 Å². The van der Waals surface area contributed by atoms with E-state index >= 15 is 0 Å². The van der Waals surface area contributed by atoms with Crippen molar-refractivity contribution in [2.75, 3.05) is 0 Å².